The van der Waals surface area contributed by atoms with Crippen molar-refractivity contribution in [3.05, 3.63) is 64.7 Å². The molecule has 2 aromatic carbocycles. The summed E-state index contributed by atoms with van der Waals surface area (Å²) in [5.74, 6) is -0.554. The lowest BCUT2D eigenvalue weighted by Crippen LogP contribution is -2.41. The summed E-state index contributed by atoms with van der Waals surface area (Å²) in [6.45, 7) is 3.94. The number of amides is 3. The number of nitrogens with one attached hydrogen (secondary N) is 3. The lowest BCUT2D eigenvalue weighted by Gasteiger charge is -2.10. The van der Waals surface area contributed by atoms with Gasteiger partial charge in [0.2, 0.25) is 11.8 Å². The van der Waals surface area contributed by atoms with Crippen molar-refractivity contribution in [2.75, 3.05) is 5.32 Å². The van der Waals surface area contributed by atoms with Crippen molar-refractivity contribution in [1.82, 2.24) is 10.9 Å². The van der Waals surface area contributed by atoms with Gasteiger partial charge in [0.1, 0.15) is 0 Å². The van der Waals surface area contributed by atoms with Crippen LogP contribution in [0.4, 0.5) is 5.69 Å². The fourth-order valence-electron chi connectivity index (χ4n) is 2.50. The first-order valence-corrected chi connectivity index (χ1v) is 9.45. The molecular formula is C21H24ClN3O3. The van der Waals surface area contributed by atoms with E-state index in [-0.39, 0.29) is 24.2 Å². The van der Waals surface area contributed by atoms with Crippen LogP contribution in [0.25, 0.3) is 0 Å². The first-order chi connectivity index (χ1) is 13.3. The lowest BCUT2D eigenvalue weighted by atomic mass is 10.1. The summed E-state index contributed by atoms with van der Waals surface area (Å²) in [6.07, 6.45) is 1.11. The van der Waals surface area contributed by atoms with Crippen molar-refractivity contribution < 1.29 is 14.4 Å². The average molecular weight is 402 g/mol. The molecule has 3 amide bonds. The van der Waals surface area contributed by atoms with E-state index in [0.29, 0.717) is 29.1 Å². The van der Waals surface area contributed by atoms with Gasteiger partial charge in [0.05, 0.1) is 0 Å². The van der Waals surface area contributed by atoms with Gasteiger partial charge >= 0.3 is 0 Å². The number of hydrogen-bond acceptors (Lipinski definition) is 3. The molecule has 0 atom stereocenters. The van der Waals surface area contributed by atoms with Gasteiger partial charge in [0.25, 0.3) is 5.91 Å². The quantitative estimate of drug-likeness (QED) is 0.618. The molecule has 28 heavy (non-hydrogen) atoms. The summed E-state index contributed by atoms with van der Waals surface area (Å²) in [4.78, 5) is 35.8. The summed E-state index contributed by atoms with van der Waals surface area (Å²) >= 11 is 6.06. The van der Waals surface area contributed by atoms with Crippen molar-refractivity contribution in [2.24, 2.45) is 5.92 Å². The number of halogens is 1. The molecule has 0 fully saturated rings. The van der Waals surface area contributed by atoms with Crippen molar-refractivity contribution in [1.29, 1.82) is 0 Å². The van der Waals surface area contributed by atoms with E-state index in [9.17, 15) is 14.4 Å². The van der Waals surface area contributed by atoms with Crippen molar-refractivity contribution in [2.45, 2.75) is 33.1 Å². The molecule has 0 saturated heterocycles. The molecule has 2 aromatic rings. The highest BCUT2D eigenvalue weighted by atomic mass is 35.5. The Hall–Kier alpha value is -2.86. The van der Waals surface area contributed by atoms with Gasteiger partial charge in [-0.05, 0) is 48.2 Å². The number of carbonyl (C=O) groups is 3. The minimum atomic E-state index is -0.439. The van der Waals surface area contributed by atoms with E-state index >= 15 is 0 Å². The molecule has 148 valence electrons. The molecule has 0 aliphatic heterocycles. The Kier molecular flexibility index (Phi) is 8.02. The van der Waals surface area contributed by atoms with Gasteiger partial charge in [-0.3, -0.25) is 25.2 Å². The van der Waals surface area contributed by atoms with Gasteiger partial charge in [0.15, 0.2) is 0 Å². The first kappa shape index (κ1) is 21.4. The Balaban J connectivity index is 1.78. The lowest BCUT2D eigenvalue weighted by molar-refractivity contribution is -0.121. The van der Waals surface area contributed by atoms with E-state index in [1.54, 1.807) is 30.3 Å². The predicted molar refractivity (Wildman–Crippen MR) is 110 cm³/mol. The molecule has 0 saturated carbocycles. The van der Waals surface area contributed by atoms with Crippen LogP contribution in [0.15, 0.2) is 48.5 Å². The monoisotopic (exact) mass is 401 g/mol. The molecule has 2 rings (SSSR count). The zero-order valence-corrected chi connectivity index (χ0v) is 16.7. The molecule has 0 aromatic heterocycles. The van der Waals surface area contributed by atoms with E-state index < -0.39 is 5.91 Å². The molecule has 0 heterocycles. The van der Waals surface area contributed by atoms with Gasteiger partial charge in [-0.25, -0.2) is 0 Å². The Labute approximate surface area is 169 Å². The summed E-state index contributed by atoms with van der Waals surface area (Å²) in [5, 5.41) is 3.39. The Morgan fingerprint density at radius 1 is 0.929 bits per heavy atom. The van der Waals surface area contributed by atoms with Gasteiger partial charge < -0.3 is 5.32 Å². The number of aryl methyl sites for hydroxylation is 1. The Morgan fingerprint density at radius 3 is 2.25 bits per heavy atom. The third-order valence-electron chi connectivity index (χ3n) is 3.92. The fourth-order valence-corrected chi connectivity index (χ4v) is 2.73. The zero-order valence-electron chi connectivity index (χ0n) is 15.9. The van der Waals surface area contributed by atoms with E-state index in [4.69, 9.17) is 11.6 Å². The topological polar surface area (TPSA) is 87.3 Å². The van der Waals surface area contributed by atoms with Gasteiger partial charge in [-0.15, -0.1) is 0 Å². The standard InChI is InChI=1S/C21H24ClN3O3/c1-14(2)13-20(27)23-17-10-7-16(8-11-17)21(28)25-24-19(26)12-9-15-5-3-4-6-18(15)22/h3-8,10-11,14H,9,12-13H2,1-2H3,(H,23,27)(H,24,26)(H,25,28). The van der Waals surface area contributed by atoms with Gasteiger partial charge in [-0.2, -0.15) is 0 Å². The second-order valence-corrected chi connectivity index (χ2v) is 7.22. The van der Waals surface area contributed by atoms with Crippen LogP contribution in [-0.4, -0.2) is 17.7 Å². The number of anilines is 1. The van der Waals surface area contributed by atoms with E-state index in [1.807, 2.05) is 32.0 Å². The summed E-state index contributed by atoms with van der Waals surface area (Å²) in [6, 6.07) is 13.8. The maximum atomic E-state index is 12.1. The van der Waals surface area contributed by atoms with Crippen molar-refractivity contribution in [3.8, 4) is 0 Å². The maximum Gasteiger partial charge on any atom is 0.269 e. The predicted octanol–water partition coefficient (Wildman–Crippen LogP) is 3.72. The molecule has 6 nitrogen and oxygen atoms in total. The normalized spacial score (nSPS) is 10.4. The minimum absolute atomic E-state index is 0.0713. The second kappa shape index (κ2) is 10.5. The van der Waals surface area contributed by atoms with Gasteiger partial charge in [-0.1, -0.05) is 43.6 Å². The van der Waals surface area contributed by atoms with Crippen LogP contribution >= 0.6 is 11.6 Å². The van der Waals surface area contributed by atoms with E-state index in [0.717, 1.165) is 5.56 Å². The molecule has 0 bridgehead atoms. The Morgan fingerprint density at radius 2 is 1.61 bits per heavy atom. The highest BCUT2D eigenvalue weighted by molar-refractivity contribution is 6.31. The first-order valence-electron chi connectivity index (χ1n) is 9.07. The van der Waals surface area contributed by atoms with Crippen LogP contribution < -0.4 is 16.2 Å². The highest BCUT2D eigenvalue weighted by Crippen LogP contribution is 2.16. The van der Waals surface area contributed by atoms with Crippen LogP contribution in [0.2, 0.25) is 5.02 Å². The fraction of sp³-hybridized carbons (Fsp3) is 0.286. The number of hydrogen-bond donors (Lipinski definition) is 3. The van der Waals surface area contributed by atoms with Crippen LogP contribution in [-0.2, 0) is 16.0 Å². The number of carbonyl (C=O) groups excluding carboxylic acids is 3. The number of benzene rings is 2. The van der Waals surface area contributed by atoms with E-state index in [1.165, 1.54) is 0 Å². The summed E-state index contributed by atoms with van der Waals surface area (Å²) in [7, 11) is 0. The summed E-state index contributed by atoms with van der Waals surface area (Å²) < 4.78 is 0. The molecule has 0 aliphatic carbocycles. The number of rotatable bonds is 7. The van der Waals surface area contributed by atoms with E-state index in [2.05, 4.69) is 16.2 Å². The van der Waals surface area contributed by atoms with Crippen LogP contribution in [0.1, 0.15) is 42.6 Å². The zero-order chi connectivity index (χ0) is 20.5. The molecule has 0 radical (unpaired) electrons. The molecule has 0 spiro atoms. The van der Waals surface area contributed by atoms with Crippen LogP contribution in [0.5, 0.6) is 0 Å². The largest absolute Gasteiger partial charge is 0.326 e. The molecule has 7 heteroatoms. The maximum absolute atomic E-state index is 12.1. The molecular weight excluding hydrogens is 378 g/mol. The molecule has 0 aliphatic rings. The number of hydrazine groups is 1. The second-order valence-electron chi connectivity index (χ2n) is 6.82. The average Bonchev–Trinajstić information content (AvgIpc) is 2.65. The van der Waals surface area contributed by atoms with Crippen molar-refractivity contribution >= 4 is 35.0 Å². The van der Waals surface area contributed by atoms with Crippen molar-refractivity contribution in [3.63, 3.8) is 0 Å². The summed E-state index contributed by atoms with van der Waals surface area (Å²) in [5.41, 5.74) is 6.63. The van der Waals surface area contributed by atoms with Crippen LogP contribution in [0, 0.1) is 5.92 Å². The SMILES string of the molecule is CC(C)CC(=O)Nc1ccc(C(=O)NNC(=O)CCc2ccccc2Cl)cc1. The van der Waals surface area contributed by atoms with Crippen LogP contribution in [0.3, 0.4) is 0 Å². The third-order valence-corrected chi connectivity index (χ3v) is 4.29. The smallest absolute Gasteiger partial charge is 0.269 e. The molecule has 0 unspecified atom stereocenters. The van der Waals surface area contributed by atoms with Gasteiger partial charge in [0, 0.05) is 29.1 Å². The highest BCUT2D eigenvalue weighted by Gasteiger charge is 2.10. The Bertz CT molecular complexity index is 835. The molecule has 3 N–H and O–H groups in total. The third kappa shape index (κ3) is 7.04. The minimum Gasteiger partial charge on any atom is -0.326 e.